The normalized spacial score (nSPS) is 21.6. The third-order valence-corrected chi connectivity index (χ3v) is 3.67. The van der Waals surface area contributed by atoms with Crippen LogP contribution in [0.2, 0.25) is 0 Å². The lowest BCUT2D eigenvalue weighted by Crippen LogP contribution is -2.48. The molecule has 1 aliphatic rings. The average Bonchev–Trinajstić information content (AvgIpc) is 3.06. The van der Waals surface area contributed by atoms with Crippen molar-refractivity contribution in [3.8, 4) is 0 Å². The Morgan fingerprint density at radius 2 is 2.40 bits per heavy atom. The number of ether oxygens (including phenoxy) is 1. The number of aromatic nitrogens is 2. The van der Waals surface area contributed by atoms with Gasteiger partial charge in [0.15, 0.2) is 0 Å². The highest BCUT2D eigenvalue weighted by Gasteiger charge is 2.39. The summed E-state index contributed by atoms with van der Waals surface area (Å²) < 4.78 is 5.22. The zero-order chi connectivity index (χ0) is 14.5. The van der Waals surface area contributed by atoms with Crippen LogP contribution in [0.4, 0.5) is 9.93 Å². The SMILES string of the molecule is CCCN(C(=O)Nc1nncs1)C1COCC1C(=O)O. The maximum absolute atomic E-state index is 12.3. The van der Waals surface area contributed by atoms with Crippen molar-refractivity contribution in [1.29, 1.82) is 0 Å². The lowest BCUT2D eigenvalue weighted by atomic mass is 10.0. The van der Waals surface area contributed by atoms with Crippen LogP contribution in [0.3, 0.4) is 0 Å². The standard InChI is InChI=1S/C11H16N4O4S/c1-2-3-15(8-5-19-4-7(8)9(16)17)11(18)13-10-14-12-6-20-10/h6-8H,2-5H2,1H3,(H,16,17)(H,13,14,18). The van der Waals surface area contributed by atoms with Gasteiger partial charge in [0, 0.05) is 6.54 Å². The number of aliphatic carboxylic acids is 1. The summed E-state index contributed by atoms with van der Waals surface area (Å²) in [4.78, 5) is 25.0. The van der Waals surface area contributed by atoms with Gasteiger partial charge in [-0.05, 0) is 6.42 Å². The number of nitrogens with one attached hydrogen (secondary N) is 1. The molecular formula is C11H16N4O4S. The van der Waals surface area contributed by atoms with Crippen molar-refractivity contribution in [2.45, 2.75) is 19.4 Å². The topological polar surface area (TPSA) is 105 Å². The molecule has 2 unspecified atom stereocenters. The predicted octanol–water partition coefficient (Wildman–Crippen LogP) is 0.882. The van der Waals surface area contributed by atoms with Gasteiger partial charge in [0.25, 0.3) is 0 Å². The number of carboxylic acid groups (broad SMARTS) is 1. The molecule has 2 N–H and O–H groups in total. The zero-order valence-electron chi connectivity index (χ0n) is 11.0. The minimum atomic E-state index is -0.947. The highest BCUT2D eigenvalue weighted by atomic mass is 32.1. The molecule has 0 saturated carbocycles. The Labute approximate surface area is 119 Å². The Balaban J connectivity index is 2.09. The van der Waals surface area contributed by atoms with Crippen molar-refractivity contribution >= 4 is 28.5 Å². The molecule has 0 radical (unpaired) electrons. The van der Waals surface area contributed by atoms with Crippen LogP contribution in [0.1, 0.15) is 13.3 Å². The van der Waals surface area contributed by atoms with Crippen molar-refractivity contribution < 1.29 is 19.4 Å². The molecule has 8 nitrogen and oxygen atoms in total. The van der Waals surface area contributed by atoms with Gasteiger partial charge in [-0.1, -0.05) is 18.3 Å². The summed E-state index contributed by atoms with van der Waals surface area (Å²) in [6.45, 7) is 2.76. The van der Waals surface area contributed by atoms with Crippen LogP contribution in [0, 0.1) is 5.92 Å². The molecule has 2 amide bonds. The van der Waals surface area contributed by atoms with E-state index in [9.17, 15) is 14.7 Å². The highest BCUT2D eigenvalue weighted by Crippen LogP contribution is 2.21. The van der Waals surface area contributed by atoms with E-state index in [1.807, 2.05) is 6.92 Å². The van der Waals surface area contributed by atoms with Crippen molar-refractivity contribution in [2.75, 3.05) is 25.1 Å². The molecule has 1 aliphatic heterocycles. The summed E-state index contributed by atoms with van der Waals surface area (Å²) in [6, 6.07) is -0.828. The van der Waals surface area contributed by atoms with E-state index < -0.39 is 17.9 Å². The fourth-order valence-corrected chi connectivity index (χ4v) is 2.57. The number of amides is 2. The Bertz CT molecular complexity index is 467. The largest absolute Gasteiger partial charge is 0.481 e. The minimum absolute atomic E-state index is 0.131. The van der Waals surface area contributed by atoms with E-state index in [0.29, 0.717) is 11.7 Å². The number of hydrogen-bond donors (Lipinski definition) is 2. The number of rotatable bonds is 5. The summed E-state index contributed by atoms with van der Waals surface area (Å²) in [6.07, 6.45) is 0.729. The molecule has 0 bridgehead atoms. The molecule has 9 heteroatoms. The molecule has 2 rings (SSSR count). The van der Waals surface area contributed by atoms with Crippen LogP contribution in [-0.2, 0) is 9.53 Å². The molecule has 0 spiro atoms. The molecule has 20 heavy (non-hydrogen) atoms. The molecule has 0 aromatic carbocycles. The number of carboxylic acids is 1. The number of hydrogen-bond acceptors (Lipinski definition) is 6. The average molecular weight is 300 g/mol. The van der Waals surface area contributed by atoms with Crippen LogP contribution in [-0.4, -0.2) is 58.0 Å². The van der Waals surface area contributed by atoms with Crippen molar-refractivity contribution in [3.63, 3.8) is 0 Å². The van der Waals surface area contributed by atoms with Crippen LogP contribution in [0.5, 0.6) is 0 Å². The van der Waals surface area contributed by atoms with Crippen LogP contribution in [0.25, 0.3) is 0 Å². The first-order chi connectivity index (χ1) is 9.63. The predicted molar refractivity (Wildman–Crippen MR) is 71.7 cm³/mol. The molecule has 2 heterocycles. The molecule has 2 atom stereocenters. The Morgan fingerprint density at radius 1 is 1.60 bits per heavy atom. The Hall–Kier alpha value is -1.74. The molecule has 1 saturated heterocycles. The number of carbonyl (C=O) groups is 2. The van der Waals surface area contributed by atoms with Gasteiger partial charge in [0.2, 0.25) is 5.13 Å². The van der Waals surface area contributed by atoms with Gasteiger partial charge >= 0.3 is 12.0 Å². The van der Waals surface area contributed by atoms with Gasteiger partial charge in [-0.25, -0.2) is 4.79 Å². The third kappa shape index (κ3) is 3.23. The summed E-state index contributed by atoms with van der Waals surface area (Å²) >= 11 is 1.21. The van der Waals surface area contributed by atoms with Crippen LogP contribution in [0.15, 0.2) is 5.51 Å². The Kier molecular flexibility index (Phi) is 4.85. The summed E-state index contributed by atoms with van der Waals surface area (Å²) in [5.74, 6) is -1.64. The molecule has 1 aromatic heterocycles. The fraction of sp³-hybridized carbons (Fsp3) is 0.636. The first-order valence-electron chi connectivity index (χ1n) is 6.27. The van der Waals surface area contributed by atoms with Gasteiger partial charge in [-0.2, -0.15) is 0 Å². The summed E-state index contributed by atoms with van der Waals surface area (Å²) in [5.41, 5.74) is 1.51. The quantitative estimate of drug-likeness (QED) is 0.836. The number of carbonyl (C=O) groups excluding carboxylic acids is 1. The second-order valence-corrected chi connectivity index (χ2v) is 5.25. The highest BCUT2D eigenvalue weighted by molar-refractivity contribution is 7.13. The summed E-state index contributed by atoms with van der Waals surface area (Å²) in [5, 5.41) is 19.6. The first-order valence-corrected chi connectivity index (χ1v) is 7.15. The monoisotopic (exact) mass is 300 g/mol. The van der Waals surface area contributed by atoms with Crippen molar-refractivity contribution in [1.82, 2.24) is 15.1 Å². The number of nitrogens with zero attached hydrogens (tertiary/aromatic N) is 3. The van der Waals surface area contributed by atoms with Crippen molar-refractivity contribution in [2.24, 2.45) is 5.92 Å². The molecule has 1 fully saturated rings. The lowest BCUT2D eigenvalue weighted by molar-refractivity contribution is -0.142. The second-order valence-electron chi connectivity index (χ2n) is 4.42. The maximum atomic E-state index is 12.3. The summed E-state index contributed by atoms with van der Waals surface area (Å²) in [7, 11) is 0. The zero-order valence-corrected chi connectivity index (χ0v) is 11.8. The van der Waals surface area contributed by atoms with E-state index >= 15 is 0 Å². The first kappa shape index (κ1) is 14.7. The number of anilines is 1. The molecule has 110 valence electrons. The van der Waals surface area contributed by atoms with E-state index in [1.54, 1.807) is 0 Å². The molecule has 0 aliphatic carbocycles. The Morgan fingerprint density at radius 3 is 3.00 bits per heavy atom. The van der Waals surface area contributed by atoms with E-state index in [0.717, 1.165) is 6.42 Å². The fourth-order valence-electron chi connectivity index (χ4n) is 2.14. The van der Waals surface area contributed by atoms with E-state index in [2.05, 4.69) is 15.5 Å². The smallest absolute Gasteiger partial charge is 0.324 e. The number of urea groups is 1. The van der Waals surface area contributed by atoms with Crippen LogP contribution < -0.4 is 5.32 Å². The van der Waals surface area contributed by atoms with E-state index in [-0.39, 0.29) is 19.2 Å². The van der Waals surface area contributed by atoms with E-state index in [1.165, 1.54) is 21.7 Å². The van der Waals surface area contributed by atoms with Gasteiger partial charge in [0.05, 0.1) is 19.3 Å². The lowest BCUT2D eigenvalue weighted by Gasteiger charge is -2.29. The third-order valence-electron chi connectivity index (χ3n) is 3.07. The van der Waals surface area contributed by atoms with Gasteiger partial charge in [-0.15, -0.1) is 10.2 Å². The second kappa shape index (κ2) is 6.62. The van der Waals surface area contributed by atoms with Crippen molar-refractivity contribution in [3.05, 3.63) is 5.51 Å². The molecular weight excluding hydrogens is 284 g/mol. The van der Waals surface area contributed by atoms with Gasteiger partial charge in [0.1, 0.15) is 11.4 Å². The van der Waals surface area contributed by atoms with Gasteiger partial charge in [-0.3, -0.25) is 10.1 Å². The molecule has 1 aromatic rings. The van der Waals surface area contributed by atoms with Crippen LogP contribution >= 0.6 is 11.3 Å². The minimum Gasteiger partial charge on any atom is -0.481 e. The van der Waals surface area contributed by atoms with Gasteiger partial charge < -0.3 is 14.7 Å². The maximum Gasteiger partial charge on any atom is 0.324 e. The van der Waals surface area contributed by atoms with E-state index in [4.69, 9.17) is 4.74 Å².